The Morgan fingerprint density at radius 3 is 2.54 bits per heavy atom. The highest BCUT2D eigenvalue weighted by Gasteiger charge is 2.35. The van der Waals surface area contributed by atoms with Gasteiger partial charge in [0.15, 0.2) is 0 Å². The minimum absolute atomic E-state index is 0.515. The number of amides is 1. The molecule has 2 atom stereocenters. The summed E-state index contributed by atoms with van der Waals surface area (Å²) in [6, 6.07) is 11.4. The van der Waals surface area contributed by atoms with Crippen LogP contribution in [0.5, 0.6) is 5.75 Å². The maximum Gasteiger partial charge on any atom is 0.321 e. The van der Waals surface area contributed by atoms with E-state index in [0.717, 1.165) is 16.5 Å². The lowest BCUT2D eigenvalue weighted by atomic mass is 9.99. The number of alkyl halides is 2. The van der Waals surface area contributed by atoms with Crippen molar-refractivity contribution < 1.29 is 18.3 Å². The van der Waals surface area contributed by atoms with Crippen molar-refractivity contribution in [2.75, 3.05) is 12.8 Å². The number of benzene rings is 2. The zero-order valence-electron chi connectivity index (χ0n) is 15.8. The molecule has 3 aromatic rings. The summed E-state index contributed by atoms with van der Waals surface area (Å²) in [7, 11) is 1.56. The van der Waals surface area contributed by atoms with Gasteiger partial charge in [-0.25, -0.2) is 0 Å². The lowest BCUT2D eigenvalue weighted by Crippen LogP contribution is -2.46. The van der Waals surface area contributed by atoms with Gasteiger partial charge in [0.1, 0.15) is 5.75 Å². The Morgan fingerprint density at radius 2 is 1.93 bits per heavy atom. The predicted molar refractivity (Wildman–Crippen MR) is 104 cm³/mol. The topological polar surface area (TPSA) is 82.2 Å². The number of carbonyl (C=O) groups excluding carboxylic acids is 1. The molecule has 1 heterocycles. The molecule has 1 aromatic heterocycles. The molecular weight excluding hydrogens is 366 g/mol. The predicted octanol–water partition coefficient (Wildman–Crippen LogP) is 3.38. The maximum absolute atomic E-state index is 13.4. The van der Waals surface area contributed by atoms with E-state index in [0.29, 0.717) is 18.4 Å². The average Bonchev–Trinajstić information content (AvgIpc) is 3.04. The fourth-order valence-corrected chi connectivity index (χ4v) is 3.15. The molecule has 2 aromatic carbocycles. The van der Waals surface area contributed by atoms with Crippen LogP contribution in [0.2, 0.25) is 0 Å². The molecule has 148 valence electrons. The summed E-state index contributed by atoms with van der Waals surface area (Å²) in [6.45, 7) is 2.24. The lowest BCUT2D eigenvalue weighted by molar-refractivity contribution is -0.143. The number of aromatic nitrogens is 2. The van der Waals surface area contributed by atoms with Gasteiger partial charge in [-0.15, -0.1) is 0 Å². The zero-order chi connectivity index (χ0) is 20.5. The molecule has 3 N–H and O–H groups in total. The molecule has 3 rings (SSSR count). The quantitative estimate of drug-likeness (QED) is 0.635. The molecule has 0 aliphatic carbocycles. The van der Waals surface area contributed by atoms with Crippen LogP contribution in [-0.2, 0) is 4.79 Å². The highest BCUT2D eigenvalue weighted by Crippen LogP contribution is 2.29. The van der Waals surface area contributed by atoms with Crippen molar-refractivity contribution in [3.63, 3.8) is 0 Å². The van der Waals surface area contributed by atoms with Gasteiger partial charge < -0.3 is 15.8 Å². The molecule has 8 heteroatoms. The summed E-state index contributed by atoms with van der Waals surface area (Å²) in [5.74, 6) is -4.14. The first-order valence-corrected chi connectivity index (χ1v) is 8.76. The number of carbonyl (C=O) groups is 1. The van der Waals surface area contributed by atoms with E-state index in [2.05, 4.69) is 10.4 Å². The van der Waals surface area contributed by atoms with Gasteiger partial charge in [0.05, 0.1) is 30.9 Å². The number of nitrogens with zero attached hydrogens (tertiary/aromatic N) is 2. The second-order valence-electron chi connectivity index (χ2n) is 6.78. The Balaban J connectivity index is 2.06. The Morgan fingerprint density at radius 1 is 1.25 bits per heavy atom. The van der Waals surface area contributed by atoms with Crippen LogP contribution < -0.4 is 15.8 Å². The van der Waals surface area contributed by atoms with Crippen molar-refractivity contribution in [1.82, 2.24) is 15.1 Å². The first-order valence-electron chi connectivity index (χ1n) is 8.76. The van der Waals surface area contributed by atoms with E-state index in [1.165, 1.54) is 0 Å². The van der Waals surface area contributed by atoms with Crippen LogP contribution in [0.1, 0.15) is 25.5 Å². The number of hydrogen-bond acceptors (Lipinski definition) is 4. The van der Waals surface area contributed by atoms with E-state index < -0.39 is 23.9 Å². The number of nitrogen functional groups attached to an aromatic ring is 1. The fourth-order valence-electron chi connectivity index (χ4n) is 3.15. The molecule has 0 bridgehead atoms. The Hall–Kier alpha value is -3.16. The standard InChI is InChI=1S/C20H22F2N4O2/c1-12(25-19(27)20(2,21)22)18(13-4-7-16(28-3)8-5-13)26-17-9-6-15(23)10-14(17)11-24-26/h4-12,18H,23H2,1-3H3,(H,25,27)/t12-,18+/m1/s1. The second-order valence-corrected chi connectivity index (χ2v) is 6.78. The number of methoxy groups -OCH3 is 1. The summed E-state index contributed by atoms with van der Waals surface area (Å²) in [4.78, 5) is 11.9. The molecule has 0 saturated carbocycles. The van der Waals surface area contributed by atoms with Gasteiger partial charge in [0.25, 0.3) is 5.91 Å². The largest absolute Gasteiger partial charge is 0.497 e. The van der Waals surface area contributed by atoms with Gasteiger partial charge >= 0.3 is 5.92 Å². The van der Waals surface area contributed by atoms with Crippen molar-refractivity contribution in [2.45, 2.75) is 31.9 Å². The van der Waals surface area contributed by atoms with Crippen LogP contribution >= 0.6 is 0 Å². The fraction of sp³-hybridized carbons (Fsp3) is 0.300. The van der Waals surface area contributed by atoms with Crippen molar-refractivity contribution in [3.05, 3.63) is 54.2 Å². The van der Waals surface area contributed by atoms with Gasteiger partial charge in [-0.05, 0) is 42.8 Å². The first-order chi connectivity index (χ1) is 13.2. The minimum Gasteiger partial charge on any atom is -0.497 e. The van der Waals surface area contributed by atoms with Crippen LogP contribution in [-0.4, -0.2) is 34.8 Å². The Bertz CT molecular complexity index is 980. The number of halogens is 2. The third-order valence-corrected chi connectivity index (χ3v) is 4.57. The van der Waals surface area contributed by atoms with Gasteiger partial charge in [-0.2, -0.15) is 13.9 Å². The molecule has 1 amide bonds. The van der Waals surface area contributed by atoms with Crippen LogP contribution in [0.3, 0.4) is 0 Å². The smallest absolute Gasteiger partial charge is 0.321 e. The van der Waals surface area contributed by atoms with Crippen LogP contribution in [0, 0.1) is 0 Å². The van der Waals surface area contributed by atoms with Gasteiger partial charge in [0.2, 0.25) is 0 Å². The number of fused-ring (bicyclic) bond motifs is 1. The van der Waals surface area contributed by atoms with Gasteiger partial charge in [-0.3, -0.25) is 9.48 Å². The highest BCUT2D eigenvalue weighted by molar-refractivity contribution is 5.84. The molecular formula is C20H22F2N4O2. The SMILES string of the molecule is COc1ccc([C@H]([C@@H](C)NC(=O)C(C)(F)F)n2ncc3cc(N)ccc32)cc1. The number of ether oxygens (including phenoxy) is 1. The number of anilines is 1. The van der Waals surface area contributed by atoms with Crippen molar-refractivity contribution >= 4 is 22.5 Å². The summed E-state index contributed by atoms with van der Waals surface area (Å²) in [5, 5.41) is 7.66. The molecule has 6 nitrogen and oxygen atoms in total. The number of nitrogens with two attached hydrogens (primary N) is 1. The molecule has 0 spiro atoms. The van der Waals surface area contributed by atoms with E-state index in [9.17, 15) is 13.6 Å². The Labute approximate surface area is 161 Å². The maximum atomic E-state index is 13.4. The number of hydrogen-bond donors (Lipinski definition) is 2. The van der Waals surface area contributed by atoms with Crippen molar-refractivity contribution in [3.8, 4) is 5.75 Å². The van der Waals surface area contributed by atoms with Crippen LogP contribution in [0.4, 0.5) is 14.5 Å². The minimum atomic E-state index is -3.47. The average molecular weight is 388 g/mol. The molecule has 0 saturated heterocycles. The van der Waals surface area contributed by atoms with E-state index in [1.807, 2.05) is 18.2 Å². The molecule has 0 unspecified atom stereocenters. The molecule has 0 aliphatic rings. The van der Waals surface area contributed by atoms with Crippen molar-refractivity contribution in [2.24, 2.45) is 0 Å². The molecule has 0 aliphatic heterocycles. The lowest BCUT2D eigenvalue weighted by Gasteiger charge is -2.27. The molecule has 28 heavy (non-hydrogen) atoms. The Kier molecular flexibility index (Phi) is 5.22. The van der Waals surface area contributed by atoms with Crippen LogP contribution in [0.15, 0.2) is 48.7 Å². The van der Waals surface area contributed by atoms with E-state index in [1.54, 1.807) is 49.2 Å². The molecule has 0 fully saturated rings. The van der Waals surface area contributed by atoms with Gasteiger partial charge in [0, 0.05) is 18.0 Å². The monoisotopic (exact) mass is 388 g/mol. The molecule has 0 radical (unpaired) electrons. The normalized spacial score (nSPS) is 13.9. The second kappa shape index (κ2) is 7.46. The number of nitrogens with one attached hydrogen (secondary N) is 1. The highest BCUT2D eigenvalue weighted by atomic mass is 19.3. The third kappa shape index (κ3) is 3.90. The summed E-state index contributed by atoms with van der Waals surface area (Å²) in [6.07, 6.45) is 1.66. The van der Waals surface area contributed by atoms with Crippen LogP contribution in [0.25, 0.3) is 10.9 Å². The summed E-state index contributed by atoms with van der Waals surface area (Å²) in [5.41, 5.74) is 8.00. The first kappa shape index (κ1) is 19.6. The van der Waals surface area contributed by atoms with E-state index in [-0.39, 0.29) is 0 Å². The van der Waals surface area contributed by atoms with E-state index in [4.69, 9.17) is 10.5 Å². The summed E-state index contributed by atoms with van der Waals surface area (Å²) < 4.78 is 33.7. The van der Waals surface area contributed by atoms with Crippen molar-refractivity contribution in [1.29, 1.82) is 0 Å². The van der Waals surface area contributed by atoms with Gasteiger partial charge in [-0.1, -0.05) is 12.1 Å². The number of rotatable bonds is 6. The zero-order valence-corrected chi connectivity index (χ0v) is 15.8. The third-order valence-electron chi connectivity index (χ3n) is 4.57. The summed E-state index contributed by atoms with van der Waals surface area (Å²) >= 11 is 0. The van der Waals surface area contributed by atoms with E-state index >= 15 is 0 Å².